The van der Waals surface area contributed by atoms with Crippen molar-refractivity contribution >= 4 is 29.7 Å². The van der Waals surface area contributed by atoms with Crippen LogP contribution < -0.4 is 0 Å². The Bertz CT molecular complexity index is 1030. The first-order valence-electron chi connectivity index (χ1n) is 28.6. The average Bonchev–Trinajstić information content (AvgIpc) is 3.45. The molecule has 0 bridgehead atoms. The number of cyclic esters (lactones) is 1. The molecule has 1 saturated heterocycles. The van der Waals surface area contributed by atoms with Crippen LogP contribution in [0.2, 0.25) is 5.02 Å². The molecule has 2 aliphatic rings. The van der Waals surface area contributed by atoms with Gasteiger partial charge in [0.2, 0.25) is 0 Å². The van der Waals surface area contributed by atoms with Crippen molar-refractivity contribution in [3.63, 3.8) is 0 Å². The van der Waals surface area contributed by atoms with E-state index >= 15 is 0 Å². The number of piperazine rings is 1. The van der Waals surface area contributed by atoms with Gasteiger partial charge in [0.05, 0.1) is 17.5 Å². The van der Waals surface area contributed by atoms with E-state index in [2.05, 4.69) is 9.88 Å². The quantitative estimate of drug-likeness (QED) is 0.274. The monoisotopic (exact) mass is 600 g/mol. The smallest absolute Gasteiger partial charge is 0.410 e. The number of hydrogen-bond donors (Lipinski definition) is 1. The van der Waals surface area contributed by atoms with Gasteiger partial charge in [-0.1, -0.05) is 45.0 Å². The lowest BCUT2D eigenvalue weighted by Gasteiger charge is -2.33. The zero-order valence-corrected chi connectivity index (χ0v) is 22.4. The fourth-order valence-corrected chi connectivity index (χ4v) is 4.66. The van der Waals surface area contributed by atoms with Gasteiger partial charge in [0.1, 0.15) is 12.2 Å². The van der Waals surface area contributed by atoms with E-state index in [4.69, 9.17) is 68.6 Å². The van der Waals surface area contributed by atoms with E-state index in [1.807, 2.05) is 46.0 Å². The van der Waals surface area contributed by atoms with Gasteiger partial charge in [-0.2, -0.15) is 0 Å². The maximum Gasteiger partial charge on any atom is 0.410 e. The number of carbonyl (C=O) groups is 2. The molecule has 0 saturated carbocycles. The third-order valence-electron chi connectivity index (χ3n) is 6.83. The van der Waals surface area contributed by atoms with Crippen LogP contribution in [0.5, 0.6) is 0 Å². The molecular weight excluding hydrogens is 494 g/mol. The largest absolute Gasteiger partial charge is 0.457 e. The topological polar surface area (TPSA) is 92.2 Å². The van der Waals surface area contributed by atoms with Gasteiger partial charge in [-0.05, 0) is 56.0 Å². The molecule has 3 rings (SSSR count). The Balaban J connectivity index is -0.0000000578. The number of aromatic nitrogens is 1. The second kappa shape index (κ2) is 14.5. The predicted octanol–water partition coefficient (Wildman–Crippen LogP) is 8.75. The van der Waals surface area contributed by atoms with Crippen LogP contribution in [0.15, 0.2) is 36.2 Å². The standard InChI is InChI=1S/C27H38ClN3O5.CH4.16H2/c1-18-5-7-23(32)15-25(33)36-26(20(3)13-21-14-22(28)17-29-16-21)19(2)6-8-24(18)35-27(34)31-11-9-30(4)10-12-31;;;;;;;;;;;;;;;;;/h6,8,13-14,16-19,23-24,26,32H,5,7,9-12,15H2,1-4H3;1H4;16*1H/b8-6+,20-13+;;;;;;;;;;;;;;;;;/t18-,19-,23+,24-,26-;;;;;;;;;;;;;;;;;/m0................./s1/i;;16*1+1D. The Morgan fingerprint density at radius 3 is 2.62 bits per heavy atom. The minimum absolute atomic E-state index is 0. The summed E-state index contributed by atoms with van der Waals surface area (Å²) in [5, 5.41) is 11.0. The van der Waals surface area contributed by atoms with Gasteiger partial charge in [-0.15, -0.1) is 0 Å². The second-order valence-electron chi connectivity index (χ2n) is 10.0. The highest BCUT2D eigenvalue weighted by Crippen LogP contribution is 2.26. The van der Waals surface area contributed by atoms with E-state index in [0.29, 0.717) is 31.0 Å². The molecule has 1 aromatic heterocycles. The molecule has 0 spiro atoms. The molecule has 0 unspecified atom stereocenters. The molecule has 9 heteroatoms. The van der Waals surface area contributed by atoms with Crippen molar-refractivity contribution in [3.8, 4) is 0 Å². The first-order valence-corrected chi connectivity index (χ1v) is 13.0. The summed E-state index contributed by atoms with van der Waals surface area (Å²) in [5.74, 6) is -0.676. The number of amides is 1. The Kier molecular flexibility index (Phi) is 5.74. The number of carbonyl (C=O) groups excluding carboxylic acids is 2. The number of hydrogen-bond acceptors (Lipinski definition) is 7. The van der Waals surface area contributed by atoms with E-state index in [1.165, 1.54) is 0 Å². The molecule has 37 heavy (non-hydrogen) atoms. The zero-order chi connectivity index (χ0) is 58.2. The van der Waals surface area contributed by atoms with Crippen LogP contribution in [0.25, 0.3) is 6.08 Å². The van der Waals surface area contributed by atoms with Gasteiger partial charge in [0, 0.05) is 92.0 Å². The zero-order valence-electron chi connectivity index (χ0n) is 53.6. The Morgan fingerprint density at radius 1 is 1.24 bits per heavy atom. The number of halogens is 1. The maximum absolute atomic E-state index is 12.9. The molecule has 5 atom stereocenters. The highest BCUT2D eigenvalue weighted by molar-refractivity contribution is 6.30. The molecule has 3 heterocycles. The molecular formula is C28H74ClN3O5. The highest BCUT2D eigenvalue weighted by atomic mass is 35.5. The summed E-state index contributed by atoms with van der Waals surface area (Å²) in [6, 6.07) is 1.79. The fourth-order valence-electron chi connectivity index (χ4n) is 4.48. The number of aliphatic hydroxyl groups is 1. The van der Waals surface area contributed by atoms with Gasteiger partial charge in [0.25, 0.3) is 0 Å². The molecule has 1 aromatic rings. The molecule has 8 nitrogen and oxygen atoms in total. The molecule has 1 fully saturated rings. The Hall–Kier alpha value is -2.42. The van der Waals surface area contributed by atoms with Crippen molar-refractivity contribution in [2.75, 3.05) is 33.2 Å². The van der Waals surface area contributed by atoms with Gasteiger partial charge in [-0.3, -0.25) is 9.78 Å². The van der Waals surface area contributed by atoms with Gasteiger partial charge in [0.15, 0.2) is 0 Å². The third-order valence-corrected chi connectivity index (χ3v) is 7.03. The normalized spacial score (nSPS) is 32.7. The number of likely N-dealkylation sites (N-methyl/N-ethyl adjacent to an activating group) is 1. The van der Waals surface area contributed by atoms with Crippen LogP contribution in [0, 0.1) is 11.8 Å². The van der Waals surface area contributed by atoms with Crippen molar-refractivity contribution < 1.29 is 71.7 Å². The molecule has 1 N–H and O–H groups in total. The molecule has 0 radical (unpaired) electrons. The van der Waals surface area contributed by atoms with Gasteiger partial charge < -0.3 is 24.4 Å². The molecule has 1 amide bonds. The summed E-state index contributed by atoms with van der Waals surface area (Å²) in [7, 11) is 2.04. The van der Waals surface area contributed by atoms with E-state index in [-0.39, 0.29) is 31.8 Å². The third kappa shape index (κ3) is 9.43. The van der Waals surface area contributed by atoms with E-state index in [0.717, 1.165) is 24.2 Å². The SMILES string of the molecule is C.C/C(=C\c1cncc(Cl)c1)[C@H]1OC(=O)C[C@H](O)CC[C@H](C)[C@@H](OC(=O)N2CCN(C)CC2)/C=C/[C@@H]1C.[2H][2H].[2H][2H].[2H][2H].[2H][2H].[2H][2H].[2H][2H].[2H][2H].[2H][2H].[2H][2H].[2H][2H].[2H][2H].[2H][2H].[2H][2H].[2H][2H].[2H][2H].[2H][2H]. The predicted molar refractivity (Wildman–Crippen MR) is 180 cm³/mol. The van der Waals surface area contributed by atoms with Crippen LogP contribution in [0.3, 0.4) is 0 Å². The summed E-state index contributed by atoms with van der Waals surface area (Å²) in [5.41, 5.74) is 1.61. The lowest BCUT2D eigenvalue weighted by molar-refractivity contribution is -0.151. The van der Waals surface area contributed by atoms with Crippen molar-refractivity contribution in [3.05, 3.63) is 46.8 Å². The first-order chi connectivity index (χ1) is 33.1. The van der Waals surface area contributed by atoms with Crippen LogP contribution in [-0.4, -0.2) is 83.5 Å². The number of ether oxygens (including phenoxy) is 2. The number of esters is 1. The lowest BCUT2D eigenvalue weighted by atomic mass is 9.91. The minimum Gasteiger partial charge on any atom is -0.457 e. The molecule has 238 valence electrons. The van der Waals surface area contributed by atoms with Crippen LogP contribution in [0.4, 0.5) is 4.79 Å². The number of nitrogens with zero attached hydrogens (tertiary/aromatic N) is 3. The van der Waals surface area contributed by atoms with Crippen molar-refractivity contribution in [2.45, 2.75) is 65.8 Å². The number of aliphatic hydroxyl groups excluding tert-OH is 1. The average molecular weight is 601 g/mol. The van der Waals surface area contributed by atoms with Crippen LogP contribution in [0.1, 0.15) is 101 Å². The van der Waals surface area contributed by atoms with Crippen LogP contribution >= 0.6 is 11.6 Å². The Labute approximate surface area is 275 Å². The van der Waals surface area contributed by atoms with Crippen molar-refractivity contribution in [1.82, 2.24) is 14.8 Å². The van der Waals surface area contributed by atoms with Crippen molar-refractivity contribution in [1.29, 1.82) is 0 Å². The number of rotatable bonds is 3. The van der Waals surface area contributed by atoms with Gasteiger partial charge >= 0.3 is 12.1 Å². The van der Waals surface area contributed by atoms with E-state index < -0.39 is 24.3 Å². The molecule has 0 aromatic carbocycles. The number of pyridine rings is 1. The second-order valence-corrected chi connectivity index (χ2v) is 10.5. The highest BCUT2D eigenvalue weighted by Gasteiger charge is 2.29. The lowest BCUT2D eigenvalue weighted by Crippen LogP contribution is -2.48. The summed E-state index contributed by atoms with van der Waals surface area (Å²) in [6.45, 7) is 8.74. The maximum atomic E-state index is 12.9. The Morgan fingerprint density at radius 2 is 1.95 bits per heavy atom. The summed E-state index contributed by atoms with van der Waals surface area (Å²) >= 11 is 6.07. The fraction of sp³-hybridized carbons (Fsp3) is 0.607. The summed E-state index contributed by atoms with van der Waals surface area (Å²) in [6.07, 6.45) is 7.74. The molecule has 2 aliphatic heterocycles. The van der Waals surface area contributed by atoms with E-state index in [9.17, 15) is 14.7 Å². The van der Waals surface area contributed by atoms with Gasteiger partial charge in [-0.25, -0.2) is 4.79 Å². The summed E-state index contributed by atoms with van der Waals surface area (Å²) in [4.78, 5) is 33.5. The van der Waals surface area contributed by atoms with Crippen molar-refractivity contribution in [2.24, 2.45) is 11.8 Å². The first kappa shape index (κ1) is 14.7. The van der Waals surface area contributed by atoms with E-state index in [1.54, 1.807) is 23.4 Å². The summed E-state index contributed by atoms with van der Waals surface area (Å²) < 4.78 is 172. The minimum atomic E-state index is -0.824. The molecule has 0 aliphatic carbocycles. The van der Waals surface area contributed by atoms with Crippen LogP contribution in [-0.2, 0) is 14.3 Å².